The van der Waals surface area contributed by atoms with Crippen molar-refractivity contribution in [3.05, 3.63) is 29.0 Å². The summed E-state index contributed by atoms with van der Waals surface area (Å²) in [5.74, 6) is -1.45. The SMILES string of the molecule is CC(C)(C)CC(C)(C)NC(=O)COC(=O)COc1ccc(F)cc1Cl. The van der Waals surface area contributed by atoms with Gasteiger partial charge in [-0.2, -0.15) is 0 Å². The van der Waals surface area contributed by atoms with Crippen LogP contribution in [-0.4, -0.2) is 30.6 Å². The number of halogens is 2. The average Bonchev–Trinajstić information content (AvgIpc) is 2.40. The molecule has 0 aromatic heterocycles. The Labute approximate surface area is 152 Å². The summed E-state index contributed by atoms with van der Waals surface area (Å²) in [7, 11) is 0. The first kappa shape index (κ1) is 21.2. The largest absolute Gasteiger partial charge is 0.480 e. The minimum absolute atomic E-state index is 0.0504. The van der Waals surface area contributed by atoms with Crippen molar-refractivity contribution in [2.24, 2.45) is 5.41 Å². The third-order valence-corrected chi connectivity index (χ3v) is 3.35. The number of carbonyl (C=O) groups is 2. The lowest BCUT2D eigenvalue weighted by Crippen LogP contribution is -2.47. The standard InChI is InChI=1S/C18H25ClFNO4/c1-17(2,3)11-18(4,5)21-15(22)9-25-16(23)10-24-14-7-6-12(20)8-13(14)19/h6-8H,9-11H2,1-5H3,(H,21,22). The zero-order chi connectivity index (χ0) is 19.3. The maximum Gasteiger partial charge on any atom is 0.344 e. The van der Waals surface area contributed by atoms with E-state index in [4.69, 9.17) is 21.1 Å². The van der Waals surface area contributed by atoms with E-state index >= 15 is 0 Å². The average molecular weight is 374 g/mol. The molecule has 1 N–H and O–H groups in total. The minimum Gasteiger partial charge on any atom is -0.480 e. The second kappa shape index (κ2) is 8.52. The van der Waals surface area contributed by atoms with Crippen molar-refractivity contribution >= 4 is 23.5 Å². The maximum absolute atomic E-state index is 12.9. The molecule has 1 rings (SSSR count). The minimum atomic E-state index is -0.718. The fourth-order valence-corrected chi connectivity index (χ4v) is 2.92. The Morgan fingerprint density at radius 3 is 2.36 bits per heavy atom. The van der Waals surface area contributed by atoms with Crippen molar-refractivity contribution < 1.29 is 23.5 Å². The zero-order valence-corrected chi connectivity index (χ0v) is 16.0. The first-order valence-corrected chi connectivity index (χ1v) is 8.30. The first-order chi connectivity index (χ1) is 11.4. The van der Waals surface area contributed by atoms with Gasteiger partial charge < -0.3 is 14.8 Å². The Balaban J connectivity index is 2.39. The molecular formula is C18H25ClFNO4. The molecule has 5 nitrogen and oxygen atoms in total. The molecule has 0 unspecified atom stereocenters. The highest BCUT2D eigenvalue weighted by atomic mass is 35.5. The molecule has 0 aliphatic heterocycles. The van der Waals surface area contributed by atoms with Crippen LogP contribution >= 0.6 is 11.6 Å². The van der Waals surface area contributed by atoms with Gasteiger partial charge in [0, 0.05) is 5.54 Å². The van der Waals surface area contributed by atoms with Crippen molar-refractivity contribution in [2.75, 3.05) is 13.2 Å². The van der Waals surface area contributed by atoms with E-state index < -0.39 is 30.5 Å². The van der Waals surface area contributed by atoms with Crippen LogP contribution in [-0.2, 0) is 14.3 Å². The summed E-state index contributed by atoms with van der Waals surface area (Å²) in [6, 6.07) is 3.55. The van der Waals surface area contributed by atoms with Crippen LogP contribution in [0.3, 0.4) is 0 Å². The van der Waals surface area contributed by atoms with E-state index in [9.17, 15) is 14.0 Å². The predicted octanol–water partition coefficient (Wildman–Crippen LogP) is 3.73. The van der Waals surface area contributed by atoms with Gasteiger partial charge >= 0.3 is 5.97 Å². The number of nitrogens with one attached hydrogen (secondary N) is 1. The smallest absolute Gasteiger partial charge is 0.344 e. The molecule has 0 aliphatic carbocycles. The van der Waals surface area contributed by atoms with Crippen molar-refractivity contribution in [2.45, 2.75) is 46.6 Å². The maximum atomic E-state index is 12.9. The van der Waals surface area contributed by atoms with Crippen LogP contribution < -0.4 is 10.1 Å². The number of ether oxygens (including phenoxy) is 2. The molecule has 1 aromatic rings. The Morgan fingerprint density at radius 1 is 1.16 bits per heavy atom. The van der Waals surface area contributed by atoms with Crippen LogP contribution in [0.1, 0.15) is 41.0 Å². The first-order valence-electron chi connectivity index (χ1n) is 7.92. The van der Waals surface area contributed by atoms with Gasteiger partial charge in [-0.3, -0.25) is 4.79 Å². The molecular weight excluding hydrogens is 349 g/mol. The Hall–Kier alpha value is -1.82. The number of hydrogen-bond acceptors (Lipinski definition) is 4. The van der Waals surface area contributed by atoms with Crippen LogP contribution in [0.5, 0.6) is 5.75 Å². The number of rotatable bonds is 7. The molecule has 0 saturated carbocycles. The van der Waals surface area contributed by atoms with Gasteiger partial charge in [0.05, 0.1) is 5.02 Å². The van der Waals surface area contributed by atoms with Gasteiger partial charge in [-0.1, -0.05) is 32.4 Å². The molecule has 0 aliphatic rings. The highest BCUT2D eigenvalue weighted by molar-refractivity contribution is 6.32. The molecule has 0 saturated heterocycles. The lowest BCUT2D eigenvalue weighted by atomic mass is 9.82. The van der Waals surface area contributed by atoms with E-state index in [0.717, 1.165) is 18.6 Å². The molecule has 0 heterocycles. The van der Waals surface area contributed by atoms with Gasteiger partial charge in [-0.25, -0.2) is 9.18 Å². The molecule has 1 amide bonds. The molecule has 0 bridgehead atoms. The summed E-state index contributed by atoms with van der Waals surface area (Å²) >= 11 is 5.78. The fourth-order valence-electron chi connectivity index (χ4n) is 2.70. The van der Waals surface area contributed by atoms with Gasteiger partial charge in [-0.15, -0.1) is 0 Å². The summed E-state index contributed by atoms with van der Waals surface area (Å²) in [4.78, 5) is 23.6. The second-order valence-electron chi connectivity index (χ2n) is 7.69. The van der Waals surface area contributed by atoms with E-state index in [1.807, 2.05) is 13.8 Å². The summed E-state index contributed by atoms with van der Waals surface area (Å²) in [6.07, 6.45) is 0.770. The molecule has 0 atom stereocenters. The number of amides is 1. The van der Waals surface area contributed by atoms with Crippen molar-refractivity contribution in [1.82, 2.24) is 5.32 Å². The Morgan fingerprint density at radius 2 is 1.80 bits per heavy atom. The number of carbonyl (C=O) groups excluding carboxylic acids is 2. The lowest BCUT2D eigenvalue weighted by molar-refractivity contribution is -0.151. The second-order valence-corrected chi connectivity index (χ2v) is 8.10. The highest BCUT2D eigenvalue weighted by Crippen LogP contribution is 2.27. The topological polar surface area (TPSA) is 64.6 Å². The lowest BCUT2D eigenvalue weighted by Gasteiger charge is -2.33. The van der Waals surface area contributed by atoms with Crippen molar-refractivity contribution in [3.63, 3.8) is 0 Å². The van der Waals surface area contributed by atoms with Gasteiger partial charge in [0.1, 0.15) is 11.6 Å². The Kier molecular flexibility index (Phi) is 7.23. The van der Waals surface area contributed by atoms with E-state index in [-0.39, 0.29) is 22.1 Å². The predicted molar refractivity (Wildman–Crippen MR) is 94.2 cm³/mol. The van der Waals surface area contributed by atoms with Gasteiger partial charge in [0.15, 0.2) is 13.2 Å². The molecule has 7 heteroatoms. The van der Waals surface area contributed by atoms with E-state index in [1.165, 1.54) is 6.07 Å². The van der Waals surface area contributed by atoms with Crippen LogP contribution in [0.25, 0.3) is 0 Å². The molecule has 0 radical (unpaired) electrons. The van der Waals surface area contributed by atoms with E-state index in [0.29, 0.717) is 0 Å². The van der Waals surface area contributed by atoms with E-state index in [2.05, 4.69) is 26.1 Å². The van der Waals surface area contributed by atoms with E-state index in [1.54, 1.807) is 0 Å². The zero-order valence-electron chi connectivity index (χ0n) is 15.2. The van der Waals surface area contributed by atoms with Crippen LogP contribution in [0.15, 0.2) is 18.2 Å². The van der Waals surface area contributed by atoms with Crippen LogP contribution in [0.4, 0.5) is 4.39 Å². The van der Waals surface area contributed by atoms with Crippen molar-refractivity contribution in [3.8, 4) is 5.75 Å². The van der Waals surface area contributed by atoms with Crippen molar-refractivity contribution in [1.29, 1.82) is 0 Å². The summed E-state index contributed by atoms with van der Waals surface area (Å²) in [5.41, 5.74) is -0.365. The molecule has 140 valence electrons. The third-order valence-electron chi connectivity index (χ3n) is 3.05. The molecule has 25 heavy (non-hydrogen) atoms. The third kappa shape index (κ3) is 8.72. The Bertz CT molecular complexity index is 626. The quantitative estimate of drug-likeness (QED) is 0.739. The summed E-state index contributed by atoms with van der Waals surface area (Å²) in [5, 5.41) is 2.89. The molecule has 1 aromatic carbocycles. The van der Waals surface area contributed by atoms with Crippen LogP contribution in [0.2, 0.25) is 5.02 Å². The number of hydrogen-bond donors (Lipinski definition) is 1. The number of esters is 1. The van der Waals surface area contributed by atoms with Gasteiger partial charge in [0.2, 0.25) is 0 Å². The number of benzene rings is 1. The molecule has 0 fully saturated rings. The fraction of sp³-hybridized carbons (Fsp3) is 0.556. The van der Waals surface area contributed by atoms with Gasteiger partial charge in [0.25, 0.3) is 5.91 Å². The highest BCUT2D eigenvalue weighted by Gasteiger charge is 2.27. The monoisotopic (exact) mass is 373 g/mol. The summed E-state index contributed by atoms with van der Waals surface area (Å²) in [6.45, 7) is 9.25. The summed E-state index contributed by atoms with van der Waals surface area (Å²) < 4.78 is 22.9. The van der Waals surface area contributed by atoms with Crippen LogP contribution in [0, 0.1) is 11.2 Å². The molecule has 0 spiro atoms. The van der Waals surface area contributed by atoms with Gasteiger partial charge in [-0.05, 0) is 43.9 Å². The normalized spacial score (nSPS) is 11.8.